The van der Waals surface area contributed by atoms with E-state index in [0.717, 1.165) is 12.5 Å². The third-order valence-corrected chi connectivity index (χ3v) is 2.53. The maximum atomic E-state index is 5.56. The van der Waals surface area contributed by atoms with Gasteiger partial charge in [-0.05, 0) is 25.0 Å². The summed E-state index contributed by atoms with van der Waals surface area (Å²) < 4.78 is 5.56. The molecule has 0 aliphatic rings. The first-order valence-electron chi connectivity index (χ1n) is 6.23. The second kappa shape index (κ2) is 10.0. The third kappa shape index (κ3) is 7.37. The van der Waals surface area contributed by atoms with E-state index in [0.29, 0.717) is 6.61 Å². The molecule has 0 unspecified atom stereocenters. The first-order valence-corrected chi connectivity index (χ1v) is 6.23. The van der Waals surface area contributed by atoms with Crippen LogP contribution in [-0.2, 0) is 17.9 Å². The standard InChI is InChI=1S/C14H23N3O.HI/c1-11(2)18-10-13-7-5-12(6-8-13)9-17-14(15-3)16-4;/h5-8,11H,9-10H2,1-4H3,(H2,15,16,17);1H. The molecule has 0 saturated carbocycles. The van der Waals surface area contributed by atoms with Gasteiger partial charge in [0.15, 0.2) is 5.96 Å². The van der Waals surface area contributed by atoms with Crippen LogP contribution in [0.3, 0.4) is 0 Å². The summed E-state index contributed by atoms with van der Waals surface area (Å²) in [6, 6.07) is 8.41. The van der Waals surface area contributed by atoms with Gasteiger partial charge >= 0.3 is 0 Å². The Morgan fingerprint density at radius 1 is 1.21 bits per heavy atom. The maximum absolute atomic E-state index is 5.56. The number of hydrogen-bond donors (Lipinski definition) is 2. The van der Waals surface area contributed by atoms with E-state index in [-0.39, 0.29) is 30.1 Å². The molecule has 0 aliphatic carbocycles. The van der Waals surface area contributed by atoms with Crippen LogP contribution >= 0.6 is 24.0 Å². The van der Waals surface area contributed by atoms with Gasteiger partial charge in [-0.2, -0.15) is 0 Å². The van der Waals surface area contributed by atoms with Crippen LogP contribution in [0.2, 0.25) is 0 Å². The molecule has 0 aliphatic heterocycles. The van der Waals surface area contributed by atoms with Gasteiger partial charge in [-0.1, -0.05) is 24.3 Å². The average Bonchev–Trinajstić information content (AvgIpc) is 2.39. The Bertz CT molecular complexity index is 377. The van der Waals surface area contributed by atoms with Crippen molar-refractivity contribution in [3.8, 4) is 0 Å². The van der Waals surface area contributed by atoms with E-state index in [4.69, 9.17) is 4.74 Å². The summed E-state index contributed by atoms with van der Waals surface area (Å²) in [7, 11) is 3.60. The molecule has 4 nitrogen and oxygen atoms in total. The number of nitrogens with zero attached hydrogens (tertiary/aromatic N) is 1. The molecule has 1 aromatic carbocycles. The second-order valence-corrected chi connectivity index (χ2v) is 4.35. The lowest BCUT2D eigenvalue weighted by atomic mass is 10.1. The van der Waals surface area contributed by atoms with Crippen molar-refractivity contribution in [1.29, 1.82) is 0 Å². The first-order chi connectivity index (χ1) is 8.65. The Morgan fingerprint density at radius 2 is 1.79 bits per heavy atom. The number of ether oxygens (including phenoxy) is 1. The molecule has 5 heteroatoms. The molecule has 0 heterocycles. The lowest BCUT2D eigenvalue weighted by Crippen LogP contribution is -2.34. The van der Waals surface area contributed by atoms with Gasteiger partial charge in [0.25, 0.3) is 0 Å². The molecule has 108 valence electrons. The van der Waals surface area contributed by atoms with Crippen LogP contribution in [0.5, 0.6) is 0 Å². The first kappa shape index (κ1) is 18.2. The number of hydrogen-bond acceptors (Lipinski definition) is 2. The van der Waals surface area contributed by atoms with E-state index in [1.807, 2.05) is 20.9 Å². The van der Waals surface area contributed by atoms with Gasteiger partial charge < -0.3 is 15.4 Å². The van der Waals surface area contributed by atoms with E-state index >= 15 is 0 Å². The average molecular weight is 377 g/mol. The van der Waals surface area contributed by atoms with E-state index in [1.54, 1.807) is 7.05 Å². The number of benzene rings is 1. The highest BCUT2D eigenvalue weighted by Gasteiger charge is 1.98. The number of halogens is 1. The molecule has 1 rings (SSSR count). The summed E-state index contributed by atoms with van der Waals surface area (Å²) in [5.74, 6) is 0.794. The largest absolute Gasteiger partial charge is 0.374 e. The van der Waals surface area contributed by atoms with Crippen molar-refractivity contribution in [1.82, 2.24) is 10.6 Å². The topological polar surface area (TPSA) is 45.7 Å². The molecular weight excluding hydrogens is 353 g/mol. The predicted octanol–water partition coefficient (Wildman–Crippen LogP) is 2.52. The molecule has 1 aromatic rings. The van der Waals surface area contributed by atoms with E-state index in [2.05, 4.69) is 39.9 Å². The number of nitrogens with one attached hydrogen (secondary N) is 2. The molecule has 0 bridgehead atoms. The summed E-state index contributed by atoms with van der Waals surface area (Å²) in [6.07, 6.45) is 0.269. The molecule has 2 N–H and O–H groups in total. The van der Waals surface area contributed by atoms with Crippen molar-refractivity contribution in [2.75, 3.05) is 14.1 Å². The Balaban J connectivity index is 0.00000324. The highest BCUT2D eigenvalue weighted by molar-refractivity contribution is 14.0. The van der Waals surface area contributed by atoms with Crippen LogP contribution in [0, 0.1) is 0 Å². The minimum Gasteiger partial charge on any atom is -0.374 e. The monoisotopic (exact) mass is 377 g/mol. The van der Waals surface area contributed by atoms with Gasteiger partial charge in [0.1, 0.15) is 0 Å². The summed E-state index contributed by atoms with van der Waals surface area (Å²) in [4.78, 5) is 4.06. The predicted molar refractivity (Wildman–Crippen MR) is 91.0 cm³/mol. The SMILES string of the molecule is CN=C(NC)NCc1ccc(COC(C)C)cc1.I. The Hall–Kier alpha value is -0.820. The van der Waals surface area contributed by atoms with Gasteiger partial charge in [-0.3, -0.25) is 4.99 Å². The Morgan fingerprint density at radius 3 is 2.26 bits per heavy atom. The third-order valence-electron chi connectivity index (χ3n) is 2.53. The molecule has 0 fully saturated rings. The minimum absolute atomic E-state index is 0. The van der Waals surface area contributed by atoms with Gasteiger partial charge in [0.2, 0.25) is 0 Å². The summed E-state index contributed by atoms with van der Waals surface area (Å²) in [5.41, 5.74) is 2.42. The number of guanidine groups is 1. The van der Waals surface area contributed by atoms with Crippen LogP contribution in [0.4, 0.5) is 0 Å². The Labute approximate surface area is 133 Å². The van der Waals surface area contributed by atoms with Crippen molar-refractivity contribution in [3.05, 3.63) is 35.4 Å². The van der Waals surface area contributed by atoms with Gasteiger partial charge in [-0.15, -0.1) is 24.0 Å². The highest BCUT2D eigenvalue weighted by Crippen LogP contribution is 2.06. The smallest absolute Gasteiger partial charge is 0.190 e. The van der Waals surface area contributed by atoms with Crippen LogP contribution < -0.4 is 10.6 Å². The number of aliphatic imine (C=N–C) groups is 1. The molecule has 0 aromatic heterocycles. The van der Waals surface area contributed by atoms with Crippen molar-refractivity contribution in [2.45, 2.75) is 33.1 Å². The number of rotatable bonds is 5. The van der Waals surface area contributed by atoms with Crippen LogP contribution in [0.25, 0.3) is 0 Å². The van der Waals surface area contributed by atoms with Crippen molar-refractivity contribution < 1.29 is 4.74 Å². The van der Waals surface area contributed by atoms with Crippen molar-refractivity contribution in [3.63, 3.8) is 0 Å². The summed E-state index contributed by atoms with van der Waals surface area (Å²) >= 11 is 0. The zero-order chi connectivity index (χ0) is 13.4. The Kier molecular flexibility index (Phi) is 9.59. The van der Waals surface area contributed by atoms with E-state index in [9.17, 15) is 0 Å². The quantitative estimate of drug-likeness (QED) is 0.471. The maximum Gasteiger partial charge on any atom is 0.190 e. The normalized spacial score (nSPS) is 11.1. The zero-order valence-corrected chi connectivity index (χ0v) is 14.4. The van der Waals surface area contributed by atoms with Gasteiger partial charge in [0, 0.05) is 20.6 Å². The van der Waals surface area contributed by atoms with E-state index in [1.165, 1.54) is 11.1 Å². The lowest BCUT2D eigenvalue weighted by Gasteiger charge is -2.10. The zero-order valence-electron chi connectivity index (χ0n) is 12.1. The molecule has 19 heavy (non-hydrogen) atoms. The fourth-order valence-electron chi connectivity index (χ4n) is 1.48. The summed E-state index contributed by atoms with van der Waals surface area (Å²) in [5, 5.41) is 6.20. The molecule has 0 radical (unpaired) electrons. The molecule has 0 atom stereocenters. The molecule has 0 amide bonds. The van der Waals surface area contributed by atoms with Gasteiger partial charge in [0.05, 0.1) is 12.7 Å². The van der Waals surface area contributed by atoms with Crippen LogP contribution in [0.1, 0.15) is 25.0 Å². The van der Waals surface area contributed by atoms with E-state index < -0.39 is 0 Å². The van der Waals surface area contributed by atoms with Crippen LogP contribution in [-0.4, -0.2) is 26.2 Å². The van der Waals surface area contributed by atoms with Gasteiger partial charge in [-0.25, -0.2) is 0 Å². The minimum atomic E-state index is 0. The fraction of sp³-hybridized carbons (Fsp3) is 0.500. The van der Waals surface area contributed by atoms with Crippen molar-refractivity contribution >= 4 is 29.9 Å². The fourth-order valence-corrected chi connectivity index (χ4v) is 1.48. The van der Waals surface area contributed by atoms with Crippen LogP contribution in [0.15, 0.2) is 29.3 Å². The highest BCUT2D eigenvalue weighted by atomic mass is 127. The second-order valence-electron chi connectivity index (χ2n) is 4.35. The molecule has 0 saturated heterocycles. The molecular formula is C14H24IN3O. The van der Waals surface area contributed by atoms with Crippen molar-refractivity contribution in [2.24, 2.45) is 4.99 Å². The lowest BCUT2D eigenvalue weighted by molar-refractivity contribution is 0.0657. The summed E-state index contributed by atoms with van der Waals surface area (Å²) in [6.45, 7) is 5.52. The molecule has 0 spiro atoms.